The van der Waals surface area contributed by atoms with E-state index >= 15 is 0 Å². The molecule has 0 fully saturated rings. The van der Waals surface area contributed by atoms with Gasteiger partial charge in [0.1, 0.15) is 6.04 Å². The molecule has 2 rings (SSSR count). The van der Waals surface area contributed by atoms with Crippen LogP contribution >= 0.6 is 0 Å². The van der Waals surface area contributed by atoms with E-state index in [0.29, 0.717) is 13.0 Å². The zero-order valence-corrected chi connectivity index (χ0v) is 10.3. The van der Waals surface area contributed by atoms with E-state index in [1.54, 1.807) is 0 Å². The van der Waals surface area contributed by atoms with E-state index in [1.165, 1.54) is 5.56 Å². The monoisotopic (exact) mass is 243 g/mol. The van der Waals surface area contributed by atoms with Gasteiger partial charge in [0.05, 0.1) is 6.07 Å². The summed E-state index contributed by atoms with van der Waals surface area (Å²) in [6.45, 7) is 0.648. The van der Waals surface area contributed by atoms with Gasteiger partial charge >= 0.3 is 0 Å². The Morgan fingerprint density at radius 2 is 2.28 bits per heavy atom. The first-order chi connectivity index (χ1) is 8.81. The summed E-state index contributed by atoms with van der Waals surface area (Å²) in [5.41, 5.74) is 2.25. The lowest BCUT2D eigenvalue weighted by molar-refractivity contribution is -0.121. The number of hydrogen-bond donors (Lipinski definition) is 2. The van der Waals surface area contributed by atoms with E-state index in [9.17, 15) is 4.79 Å². The summed E-state index contributed by atoms with van der Waals surface area (Å²) in [6.07, 6.45) is 3.01. The SMILES string of the molecule is N#CCCCCNC(=O)[C@@H]1Cc2ccccc2N1. The molecule has 0 aromatic heterocycles. The lowest BCUT2D eigenvalue weighted by atomic mass is 10.1. The lowest BCUT2D eigenvalue weighted by Crippen LogP contribution is -2.38. The van der Waals surface area contributed by atoms with E-state index in [1.807, 2.05) is 24.3 Å². The van der Waals surface area contributed by atoms with Crippen molar-refractivity contribution in [2.75, 3.05) is 11.9 Å². The number of carbonyl (C=O) groups excluding carboxylic acids is 1. The third kappa shape index (κ3) is 3.01. The minimum atomic E-state index is -0.154. The highest BCUT2D eigenvalue weighted by Crippen LogP contribution is 2.24. The molecule has 1 atom stereocenters. The molecule has 2 N–H and O–H groups in total. The van der Waals surface area contributed by atoms with E-state index in [0.717, 1.165) is 24.9 Å². The fourth-order valence-electron chi connectivity index (χ4n) is 2.12. The number of nitrogens with one attached hydrogen (secondary N) is 2. The Kier molecular flexibility index (Phi) is 4.19. The van der Waals surface area contributed by atoms with Gasteiger partial charge in [0.2, 0.25) is 5.91 Å². The van der Waals surface area contributed by atoms with Crippen LogP contribution in [0, 0.1) is 11.3 Å². The van der Waals surface area contributed by atoms with Gasteiger partial charge in [-0.3, -0.25) is 4.79 Å². The summed E-state index contributed by atoms with van der Waals surface area (Å²) in [5.74, 6) is 0.0446. The molecule has 0 saturated carbocycles. The Labute approximate surface area is 107 Å². The van der Waals surface area contributed by atoms with Gasteiger partial charge in [0, 0.05) is 25.1 Å². The van der Waals surface area contributed by atoms with Crippen molar-refractivity contribution in [3.8, 4) is 6.07 Å². The van der Waals surface area contributed by atoms with Gasteiger partial charge in [0.25, 0.3) is 0 Å². The molecule has 18 heavy (non-hydrogen) atoms. The summed E-state index contributed by atoms with van der Waals surface area (Å²) in [7, 11) is 0. The zero-order valence-electron chi connectivity index (χ0n) is 10.3. The summed E-state index contributed by atoms with van der Waals surface area (Å²) in [4.78, 5) is 11.9. The second kappa shape index (κ2) is 6.06. The third-order valence-corrected chi connectivity index (χ3v) is 3.10. The Bertz CT molecular complexity index is 439. The first-order valence-electron chi connectivity index (χ1n) is 6.30. The van der Waals surface area contributed by atoms with Crippen LogP contribution in [-0.4, -0.2) is 18.5 Å². The third-order valence-electron chi connectivity index (χ3n) is 3.10. The van der Waals surface area contributed by atoms with Crippen molar-refractivity contribution >= 4 is 11.6 Å². The van der Waals surface area contributed by atoms with Gasteiger partial charge in [-0.25, -0.2) is 0 Å². The van der Waals surface area contributed by atoms with E-state index in [2.05, 4.69) is 16.7 Å². The van der Waals surface area contributed by atoms with Crippen molar-refractivity contribution in [1.82, 2.24) is 5.32 Å². The van der Waals surface area contributed by atoms with Crippen LogP contribution in [0.2, 0.25) is 0 Å². The number of amides is 1. The molecule has 0 spiro atoms. The van der Waals surface area contributed by atoms with Gasteiger partial charge in [-0.1, -0.05) is 18.2 Å². The van der Waals surface area contributed by atoms with Crippen LogP contribution in [0.3, 0.4) is 0 Å². The first kappa shape index (κ1) is 12.4. The van der Waals surface area contributed by atoms with Crippen LogP contribution in [-0.2, 0) is 11.2 Å². The molecule has 0 aliphatic carbocycles. The second-order valence-electron chi connectivity index (χ2n) is 4.46. The second-order valence-corrected chi connectivity index (χ2v) is 4.46. The fourth-order valence-corrected chi connectivity index (χ4v) is 2.12. The summed E-state index contributed by atoms with van der Waals surface area (Å²) >= 11 is 0. The van der Waals surface area contributed by atoms with Gasteiger partial charge in [0.15, 0.2) is 0 Å². The highest BCUT2D eigenvalue weighted by atomic mass is 16.2. The van der Waals surface area contributed by atoms with E-state index in [-0.39, 0.29) is 11.9 Å². The molecule has 1 aliphatic rings. The standard InChI is InChI=1S/C14H17N3O/c15-8-4-1-5-9-16-14(18)13-10-11-6-2-3-7-12(11)17-13/h2-3,6-7,13,17H,1,4-5,9-10H2,(H,16,18)/t13-/m0/s1. The van der Waals surface area contributed by atoms with Crippen LogP contribution in [0.5, 0.6) is 0 Å². The molecule has 0 bridgehead atoms. The number of fused-ring (bicyclic) bond motifs is 1. The van der Waals surface area contributed by atoms with Crippen LogP contribution in [0.15, 0.2) is 24.3 Å². The van der Waals surface area contributed by atoms with Crippen molar-refractivity contribution in [3.63, 3.8) is 0 Å². The van der Waals surface area contributed by atoms with Crippen molar-refractivity contribution in [2.45, 2.75) is 31.7 Å². The molecule has 1 aromatic rings. The topological polar surface area (TPSA) is 64.9 Å². The average molecular weight is 243 g/mol. The minimum Gasteiger partial charge on any atom is -0.373 e. The van der Waals surface area contributed by atoms with Crippen molar-refractivity contribution in [3.05, 3.63) is 29.8 Å². The quantitative estimate of drug-likeness (QED) is 0.775. The molecule has 1 aliphatic heterocycles. The van der Waals surface area contributed by atoms with E-state index < -0.39 is 0 Å². The fraction of sp³-hybridized carbons (Fsp3) is 0.429. The normalized spacial score (nSPS) is 16.5. The maximum atomic E-state index is 11.9. The summed E-state index contributed by atoms with van der Waals surface area (Å²) in [6, 6.07) is 9.94. The van der Waals surface area contributed by atoms with Crippen LogP contribution < -0.4 is 10.6 Å². The number of anilines is 1. The van der Waals surface area contributed by atoms with Crippen molar-refractivity contribution in [1.29, 1.82) is 5.26 Å². The van der Waals surface area contributed by atoms with Crippen LogP contribution in [0.4, 0.5) is 5.69 Å². The van der Waals surface area contributed by atoms with Gasteiger partial charge in [-0.15, -0.1) is 0 Å². The van der Waals surface area contributed by atoms with Crippen molar-refractivity contribution in [2.24, 2.45) is 0 Å². The maximum Gasteiger partial charge on any atom is 0.242 e. The van der Waals surface area contributed by atoms with E-state index in [4.69, 9.17) is 5.26 Å². The molecular weight excluding hydrogens is 226 g/mol. The molecule has 0 unspecified atom stereocenters. The van der Waals surface area contributed by atoms with Gasteiger partial charge in [-0.2, -0.15) is 5.26 Å². The zero-order chi connectivity index (χ0) is 12.8. The minimum absolute atomic E-state index is 0.0446. The maximum absolute atomic E-state index is 11.9. The number of hydrogen-bond acceptors (Lipinski definition) is 3. The molecule has 4 heteroatoms. The van der Waals surface area contributed by atoms with Crippen molar-refractivity contribution < 1.29 is 4.79 Å². The number of para-hydroxylation sites is 1. The summed E-state index contributed by atoms with van der Waals surface area (Å²) < 4.78 is 0. The molecule has 1 heterocycles. The Balaban J connectivity index is 1.74. The number of unbranched alkanes of at least 4 members (excludes halogenated alkanes) is 2. The number of carbonyl (C=O) groups is 1. The lowest BCUT2D eigenvalue weighted by Gasteiger charge is -2.11. The smallest absolute Gasteiger partial charge is 0.242 e. The number of rotatable bonds is 5. The first-order valence-corrected chi connectivity index (χ1v) is 6.30. The Morgan fingerprint density at radius 1 is 1.44 bits per heavy atom. The average Bonchev–Trinajstić information content (AvgIpc) is 2.82. The Morgan fingerprint density at radius 3 is 3.06 bits per heavy atom. The molecule has 1 aromatic carbocycles. The number of nitrogens with zero attached hydrogens (tertiary/aromatic N) is 1. The molecule has 0 saturated heterocycles. The molecule has 4 nitrogen and oxygen atoms in total. The largest absolute Gasteiger partial charge is 0.373 e. The highest BCUT2D eigenvalue weighted by Gasteiger charge is 2.25. The van der Waals surface area contributed by atoms with Crippen LogP contribution in [0.25, 0.3) is 0 Å². The number of benzene rings is 1. The predicted molar refractivity (Wildman–Crippen MR) is 70.0 cm³/mol. The number of nitriles is 1. The van der Waals surface area contributed by atoms with Gasteiger partial charge < -0.3 is 10.6 Å². The molecule has 0 radical (unpaired) electrons. The van der Waals surface area contributed by atoms with Crippen LogP contribution in [0.1, 0.15) is 24.8 Å². The highest BCUT2D eigenvalue weighted by molar-refractivity contribution is 5.87. The summed E-state index contributed by atoms with van der Waals surface area (Å²) in [5, 5.41) is 14.5. The van der Waals surface area contributed by atoms with Gasteiger partial charge in [-0.05, 0) is 24.5 Å². The Hall–Kier alpha value is -2.02. The molecule has 94 valence electrons. The molecular formula is C14H17N3O. The molecule has 1 amide bonds. The predicted octanol–water partition coefficient (Wildman–Crippen LogP) is 1.83.